The van der Waals surface area contributed by atoms with Crippen molar-refractivity contribution in [2.75, 3.05) is 0 Å². The lowest BCUT2D eigenvalue weighted by molar-refractivity contribution is -0.138. The van der Waals surface area contributed by atoms with Gasteiger partial charge in [0, 0.05) is 33.4 Å². The minimum Gasteiger partial charge on any atom is -0.353 e. The Hall–Kier alpha value is -7.66. The van der Waals surface area contributed by atoms with Gasteiger partial charge in [-0.25, -0.2) is 4.99 Å². The highest BCUT2D eigenvalue weighted by Gasteiger charge is 2.38. The first-order valence-corrected chi connectivity index (χ1v) is 28.2. The minimum atomic E-state index is -4.72. The molecule has 0 fully saturated rings. The van der Waals surface area contributed by atoms with Crippen LogP contribution in [0, 0.1) is 0 Å². The molecule has 0 unspecified atom stereocenters. The van der Waals surface area contributed by atoms with Gasteiger partial charge in [0.05, 0.1) is 39.5 Å². The number of nitrogens with zero attached hydrogens (tertiary/aromatic N) is 1. The molecule has 11 heteroatoms. The molecule has 1 aliphatic rings. The van der Waals surface area contributed by atoms with Gasteiger partial charge in [-0.15, -0.1) is 0 Å². The number of aromatic amines is 1. The first-order valence-electron chi connectivity index (χ1n) is 28.2. The summed E-state index contributed by atoms with van der Waals surface area (Å²) in [5.74, 6) is 0. The number of hydrogen-bond acceptors (Lipinski definition) is 1. The number of halogens is 9. The number of H-pyrrole nitrogens is 1. The fraction of sp³-hybridized carbons (Fsp3) is 0.271. The number of nitrogens with one attached hydrogen (secondary N) is 1. The second-order valence-corrected chi connectivity index (χ2v) is 20.9. The highest BCUT2D eigenvalue weighted by molar-refractivity contribution is 6.42. The lowest BCUT2D eigenvalue weighted by Crippen LogP contribution is -2.09. The Labute approximate surface area is 469 Å². The number of hydrogen-bond donors (Lipinski definition) is 1. The molecule has 9 rings (SSSR count). The van der Waals surface area contributed by atoms with Crippen LogP contribution in [0.2, 0.25) is 0 Å². The summed E-state index contributed by atoms with van der Waals surface area (Å²) in [6.45, 7) is 8.42. The summed E-state index contributed by atoms with van der Waals surface area (Å²) in [7, 11) is 0. The average Bonchev–Trinajstić information content (AvgIpc) is 2.78. The van der Waals surface area contributed by atoms with Crippen LogP contribution in [0.1, 0.15) is 146 Å². The SMILES string of the molecule is CCCCc1ccc(-c2[nH]c(/C(=C3\N=C(c4ccccc4CCCC)C(c4ccccc4CCCC)=C3c3ccc(C(F)(F)F)cc3)c3ccc(C(F)(F)F)cc3)c(-c3ccc(C(F)(F)F)cc3)c2-c2ccc(CCCC)cc2)cc1. The molecule has 0 saturated carbocycles. The lowest BCUT2D eigenvalue weighted by atomic mass is 9.83. The summed E-state index contributed by atoms with van der Waals surface area (Å²) in [5.41, 5.74) is 9.57. The molecule has 0 spiro atoms. The van der Waals surface area contributed by atoms with Crippen molar-refractivity contribution in [2.24, 2.45) is 4.99 Å². The Morgan fingerprint density at radius 1 is 0.395 bits per heavy atom. The Kier molecular flexibility index (Phi) is 17.9. The van der Waals surface area contributed by atoms with E-state index in [1.54, 1.807) is 0 Å². The molecule has 81 heavy (non-hydrogen) atoms. The van der Waals surface area contributed by atoms with Crippen molar-refractivity contribution < 1.29 is 39.5 Å². The lowest BCUT2D eigenvalue weighted by Gasteiger charge is -2.19. The topological polar surface area (TPSA) is 28.1 Å². The van der Waals surface area contributed by atoms with Gasteiger partial charge in [-0.05, 0) is 143 Å². The summed E-state index contributed by atoms with van der Waals surface area (Å²) in [6.07, 6.45) is -3.79. The Balaban J connectivity index is 1.51. The van der Waals surface area contributed by atoms with Gasteiger partial charge in [0.1, 0.15) is 0 Å². The third-order valence-corrected chi connectivity index (χ3v) is 15.2. The van der Waals surface area contributed by atoms with Crippen molar-refractivity contribution in [3.63, 3.8) is 0 Å². The van der Waals surface area contributed by atoms with Crippen molar-refractivity contribution >= 4 is 22.4 Å². The largest absolute Gasteiger partial charge is 0.416 e. The van der Waals surface area contributed by atoms with E-state index in [1.807, 2.05) is 97.1 Å². The van der Waals surface area contributed by atoms with E-state index in [2.05, 4.69) is 32.7 Å². The van der Waals surface area contributed by atoms with Crippen LogP contribution in [0.25, 0.3) is 50.2 Å². The van der Waals surface area contributed by atoms with Crippen LogP contribution in [0.5, 0.6) is 0 Å². The van der Waals surface area contributed by atoms with E-state index in [1.165, 1.54) is 36.4 Å². The van der Waals surface area contributed by atoms with Gasteiger partial charge < -0.3 is 4.98 Å². The Bertz CT molecular complexity index is 3530. The van der Waals surface area contributed by atoms with Gasteiger partial charge in [0.15, 0.2) is 0 Å². The van der Waals surface area contributed by atoms with E-state index in [4.69, 9.17) is 4.99 Å². The van der Waals surface area contributed by atoms with Gasteiger partial charge in [0.25, 0.3) is 0 Å². The highest BCUT2D eigenvalue weighted by atomic mass is 19.4. The van der Waals surface area contributed by atoms with Crippen molar-refractivity contribution in [1.82, 2.24) is 4.98 Å². The molecule has 0 bridgehead atoms. The highest BCUT2D eigenvalue weighted by Crippen LogP contribution is 2.52. The van der Waals surface area contributed by atoms with Gasteiger partial charge in [-0.3, -0.25) is 0 Å². The van der Waals surface area contributed by atoms with Gasteiger partial charge in [0.2, 0.25) is 0 Å². The molecule has 0 saturated heterocycles. The summed E-state index contributed by atoms with van der Waals surface area (Å²) < 4.78 is 131. The van der Waals surface area contributed by atoms with E-state index in [-0.39, 0.29) is 16.8 Å². The maximum Gasteiger partial charge on any atom is 0.416 e. The van der Waals surface area contributed by atoms with Gasteiger partial charge in [-0.2, -0.15) is 39.5 Å². The van der Waals surface area contributed by atoms with Gasteiger partial charge >= 0.3 is 18.5 Å². The fourth-order valence-electron chi connectivity index (χ4n) is 10.9. The van der Waals surface area contributed by atoms with Crippen LogP contribution in [0.15, 0.2) is 181 Å². The molecule has 1 aliphatic heterocycles. The molecule has 418 valence electrons. The van der Waals surface area contributed by atoms with Crippen molar-refractivity contribution in [3.8, 4) is 33.5 Å². The molecule has 7 aromatic carbocycles. The van der Waals surface area contributed by atoms with E-state index >= 15 is 0 Å². The molecule has 0 aliphatic carbocycles. The second-order valence-electron chi connectivity index (χ2n) is 20.9. The van der Waals surface area contributed by atoms with Crippen molar-refractivity contribution in [3.05, 3.63) is 242 Å². The number of alkyl halides is 9. The third kappa shape index (κ3) is 12.9. The van der Waals surface area contributed by atoms with Crippen LogP contribution in [-0.4, -0.2) is 10.7 Å². The molecule has 2 heterocycles. The molecular weight excluding hydrogens is 1040 g/mol. The zero-order chi connectivity index (χ0) is 57.5. The summed E-state index contributed by atoms with van der Waals surface area (Å²) in [4.78, 5) is 9.50. The molecule has 1 aromatic heterocycles. The predicted octanol–water partition coefficient (Wildman–Crippen LogP) is 21.3. The molecule has 2 nitrogen and oxygen atoms in total. The maximum absolute atomic E-state index is 14.7. The minimum absolute atomic E-state index is 0.243. The predicted molar refractivity (Wildman–Crippen MR) is 312 cm³/mol. The van der Waals surface area contributed by atoms with Crippen LogP contribution >= 0.6 is 0 Å². The molecule has 0 atom stereocenters. The van der Waals surface area contributed by atoms with Crippen LogP contribution < -0.4 is 0 Å². The first kappa shape index (κ1) is 58.0. The number of benzene rings is 7. The molecule has 0 amide bonds. The third-order valence-electron chi connectivity index (χ3n) is 15.2. The fourth-order valence-corrected chi connectivity index (χ4v) is 10.9. The van der Waals surface area contributed by atoms with E-state index < -0.39 is 35.2 Å². The molecule has 8 aromatic rings. The zero-order valence-electron chi connectivity index (χ0n) is 46.0. The van der Waals surface area contributed by atoms with E-state index in [9.17, 15) is 39.5 Å². The smallest absolute Gasteiger partial charge is 0.353 e. The maximum atomic E-state index is 14.7. The second kappa shape index (κ2) is 25.0. The van der Waals surface area contributed by atoms with E-state index in [0.717, 1.165) is 145 Å². The van der Waals surface area contributed by atoms with Crippen LogP contribution in [-0.2, 0) is 44.2 Å². The summed E-state index contributed by atoms with van der Waals surface area (Å²) in [6, 6.07) is 46.4. The monoisotopic (exact) mass is 1100 g/mol. The standard InChI is InChI=1S/C70H65F9N2/c1-5-9-17-45-25-29-49(30-26-45)59-60(50-33-39-54(40-34-50)68(71,72)73)66(80-64(59)53-31-27-46(28-32-53)18-10-6-2)62(52-37-43-56(44-38-52)70(77,78)79)67-61(51-35-41-55(42-36-51)69(74,75)76)63(57-23-15-13-21-47(57)19-11-7-3)65(81-67)58-24-16-14-22-48(58)20-12-8-4/h13-16,21-44,80H,5-12,17-20H2,1-4H3/b67-62-. The zero-order valence-corrected chi connectivity index (χ0v) is 46.0. The van der Waals surface area contributed by atoms with Crippen LogP contribution in [0.4, 0.5) is 39.5 Å². The summed E-state index contributed by atoms with van der Waals surface area (Å²) >= 11 is 0. The first-order chi connectivity index (χ1) is 38.9. The summed E-state index contributed by atoms with van der Waals surface area (Å²) in [5, 5.41) is 0. The number of aryl methyl sites for hydroxylation is 4. The molecular formula is C70H65F9N2. The molecule has 1 N–H and O–H groups in total. The number of allylic oxidation sites excluding steroid dienone is 2. The Morgan fingerprint density at radius 3 is 1.27 bits per heavy atom. The quantitative estimate of drug-likeness (QED) is 0.0737. The van der Waals surface area contributed by atoms with Crippen molar-refractivity contribution in [1.29, 1.82) is 0 Å². The Morgan fingerprint density at radius 2 is 0.790 bits per heavy atom. The number of aromatic nitrogens is 1. The van der Waals surface area contributed by atoms with Crippen LogP contribution in [0.3, 0.4) is 0 Å². The van der Waals surface area contributed by atoms with Gasteiger partial charge in [-0.1, -0.05) is 187 Å². The number of unbranched alkanes of at least 4 members (excludes halogenated alkanes) is 4. The normalized spacial score (nSPS) is 13.8. The number of aliphatic imine (C=N–C) groups is 1. The molecule has 0 radical (unpaired) electrons. The number of rotatable bonds is 20. The van der Waals surface area contributed by atoms with Crippen molar-refractivity contribution in [2.45, 2.75) is 123 Å². The average molecular weight is 1110 g/mol. The van der Waals surface area contributed by atoms with E-state index in [0.29, 0.717) is 63.3 Å².